The quantitative estimate of drug-likeness (QED) is 0.691. The van der Waals surface area contributed by atoms with Crippen LogP contribution in [0.3, 0.4) is 0 Å². The first kappa shape index (κ1) is 13.9. The molecule has 3 N–H and O–H groups in total. The number of aliphatic hydroxyl groups is 1. The van der Waals surface area contributed by atoms with Gasteiger partial charge in [0.25, 0.3) is 0 Å². The molecule has 4 nitrogen and oxygen atoms in total. The van der Waals surface area contributed by atoms with Crippen molar-refractivity contribution in [1.82, 2.24) is 9.97 Å². The van der Waals surface area contributed by atoms with E-state index in [1.54, 1.807) is 13.0 Å². The van der Waals surface area contributed by atoms with Gasteiger partial charge in [0.1, 0.15) is 5.60 Å². The highest BCUT2D eigenvalue weighted by Crippen LogP contribution is 2.28. The van der Waals surface area contributed by atoms with Crippen molar-refractivity contribution in [2.45, 2.75) is 12.5 Å². The number of benzene rings is 2. The summed E-state index contributed by atoms with van der Waals surface area (Å²) in [6.45, 7) is 2.03. The summed E-state index contributed by atoms with van der Waals surface area (Å²) >= 11 is 6.14. The third-order valence-electron chi connectivity index (χ3n) is 3.44. The number of nitrogens with zero attached hydrogens (tertiary/aromatic N) is 1. The Morgan fingerprint density at radius 2 is 1.90 bits per heavy atom. The Balaban J connectivity index is 1.78. The van der Waals surface area contributed by atoms with Crippen LogP contribution in [-0.2, 0) is 5.60 Å². The zero-order valence-electron chi connectivity index (χ0n) is 11.6. The molecule has 1 atom stereocenters. The summed E-state index contributed by atoms with van der Waals surface area (Å²) < 4.78 is 0. The average molecular weight is 302 g/mol. The van der Waals surface area contributed by atoms with Gasteiger partial charge >= 0.3 is 0 Å². The molecule has 0 bridgehead atoms. The van der Waals surface area contributed by atoms with Crippen molar-refractivity contribution in [3.63, 3.8) is 0 Å². The van der Waals surface area contributed by atoms with E-state index in [4.69, 9.17) is 11.6 Å². The third kappa shape index (κ3) is 2.86. The van der Waals surface area contributed by atoms with Crippen LogP contribution >= 0.6 is 11.6 Å². The van der Waals surface area contributed by atoms with E-state index >= 15 is 0 Å². The number of halogens is 1. The lowest BCUT2D eigenvalue weighted by Gasteiger charge is -2.25. The molecule has 3 aromatic rings. The third-order valence-corrected chi connectivity index (χ3v) is 3.77. The zero-order valence-corrected chi connectivity index (χ0v) is 12.4. The maximum atomic E-state index is 10.6. The second kappa shape index (κ2) is 5.39. The number of fused-ring (bicyclic) bond motifs is 1. The van der Waals surface area contributed by atoms with Crippen LogP contribution in [0.5, 0.6) is 0 Å². The number of hydrogen-bond donors (Lipinski definition) is 3. The van der Waals surface area contributed by atoms with Crippen LogP contribution in [0.2, 0.25) is 5.02 Å². The Morgan fingerprint density at radius 3 is 2.67 bits per heavy atom. The molecule has 108 valence electrons. The zero-order chi connectivity index (χ0) is 14.9. The fourth-order valence-corrected chi connectivity index (χ4v) is 2.62. The van der Waals surface area contributed by atoms with Crippen molar-refractivity contribution >= 4 is 28.6 Å². The summed E-state index contributed by atoms with van der Waals surface area (Å²) in [6, 6.07) is 15.1. The average Bonchev–Trinajstić information content (AvgIpc) is 2.88. The minimum atomic E-state index is -1.09. The molecule has 2 aromatic carbocycles. The van der Waals surface area contributed by atoms with Gasteiger partial charge < -0.3 is 15.4 Å². The summed E-state index contributed by atoms with van der Waals surface area (Å²) in [6.07, 6.45) is 0. The van der Waals surface area contributed by atoms with Gasteiger partial charge in [-0.2, -0.15) is 0 Å². The van der Waals surface area contributed by atoms with E-state index in [2.05, 4.69) is 15.3 Å². The normalized spacial score (nSPS) is 14.0. The van der Waals surface area contributed by atoms with Crippen LogP contribution in [0.1, 0.15) is 12.5 Å². The van der Waals surface area contributed by atoms with Crippen molar-refractivity contribution in [3.05, 3.63) is 59.1 Å². The van der Waals surface area contributed by atoms with Gasteiger partial charge in [0.05, 0.1) is 17.6 Å². The summed E-state index contributed by atoms with van der Waals surface area (Å²) in [5.74, 6) is 0.628. The SMILES string of the molecule is CC(O)(CNc1nc2ccccc2[nH]1)c1ccccc1Cl. The second-order valence-electron chi connectivity index (χ2n) is 5.21. The lowest BCUT2D eigenvalue weighted by Crippen LogP contribution is -2.31. The van der Waals surface area contributed by atoms with Gasteiger partial charge in [-0.1, -0.05) is 41.9 Å². The Morgan fingerprint density at radius 1 is 1.19 bits per heavy atom. The molecular formula is C16H16ClN3O. The molecule has 1 unspecified atom stereocenters. The molecule has 0 aliphatic heterocycles. The van der Waals surface area contributed by atoms with Crippen molar-refractivity contribution in [2.24, 2.45) is 0 Å². The fraction of sp³-hybridized carbons (Fsp3) is 0.188. The number of imidazole rings is 1. The summed E-state index contributed by atoms with van der Waals surface area (Å²) in [5, 5.41) is 14.3. The molecule has 1 heterocycles. The number of H-pyrrole nitrogens is 1. The van der Waals surface area contributed by atoms with E-state index in [1.807, 2.05) is 42.5 Å². The maximum absolute atomic E-state index is 10.6. The molecule has 3 rings (SSSR count). The number of nitrogens with one attached hydrogen (secondary N) is 2. The predicted octanol–water partition coefficient (Wildman–Crippen LogP) is 3.54. The Kier molecular flexibility index (Phi) is 3.57. The molecule has 0 fully saturated rings. The molecule has 21 heavy (non-hydrogen) atoms. The Bertz CT molecular complexity index is 734. The van der Waals surface area contributed by atoms with Gasteiger partial charge in [-0.25, -0.2) is 4.98 Å². The molecule has 0 aliphatic carbocycles. The first-order chi connectivity index (χ1) is 10.1. The molecule has 0 saturated heterocycles. The van der Waals surface area contributed by atoms with Crippen LogP contribution in [0, 0.1) is 0 Å². The van der Waals surface area contributed by atoms with E-state index in [0.29, 0.717) is 23.1 Å². The highest BCUT2D eigenvalue weighted by Gasteiger charge is 2.25. The Hall–Kier alpha value is -2.04. The summed E-state index contributed by atoms with van der Waals surface area (Å²) in [7, 11) is 0. The van der Waals surface area contributed by atoms with E-state index in [9.17, 15) is 5.11 Å². The predicted molar refractivity (Wildman–Crippen MR) is 85.6 cm³/mol. The monoisotopic (exact) mass is 301 g/mol. The van der Waals surface area contributed by atoms with Crippen LogP contribution in [-0.4, -0.2) is 21.6 Å². The molecule has 5 heteroatoms. The summed E-state index contributed by atoms with van der Waals surface area (Å²) in [5.41, 5.74) is 1.45. The van der Waals surface area contributed by atoms with Gasteiger partial charge in [-0.05, 0) is 25.1 Å². The van der Waals surface area contributed by atoms with Gasteiger partial charge in [0.15, 0.2) is 0 Å². The van der Waals surface area contributed by atoms with E-state index < -0.39 is 5.60 Å². The van der Waals surface area contributed by atoms with E-state index in [-0.39, 0.29) is 0 Å². The van der Waals surface area contributed by atoms with Gasteiger partial charge in [0.2, 0.25) is 5.95 Å². The van der Waals surface area contributed by atoms with Gasteiger partial charge in [-0.3, -0.25) is 0 Å². The summed E-state index contributed by atoms with van der Waals surface area (Å²) in [4.78, 5) is 7.59. The van der Waals surface area contributed by atoms with E-state index in [0.717, 1.165) is 11.0 Å². The topological polar surface area (TPSA) is 60.9 Å². The molecule has 0 amide bonds. The number of hydrogen-bond acceptors (Lipinski definition) is 3. The largest absolute Gasteiger partial charge is 0.384 e. The van der Waals surface area contributed by atoms with Crippen LogP contribution in [0.15, 0.2) is 48.5 Å². The lowest BCUT2D eigenvalue weighted by molar-refractivity contribution is 0.0715. The first-order valence-corrected chi connectivity index (χ1v) is 7.10. The van der Waals surface area contributed by atoms with Crippen LogP contribution < -0.4 is 5.32 Å². The highest BCUT2D eigenvalue weighted by molar-refractivity contribution is 6.31. The van der Waals surface area contributed by atoms with Gasteiger partial charge in [0, 0.05) is 10.6 Å². The van der Waals surface area contributed by atoms with Crippen molar-refractivity contribution in [3.8, 4) is 0 Å². The minimum Gasteiger partial charge on any atom is -0.384 e. The van der Waals surface area contributed by atoms with Crippen molar-refractivity contribution < 1.29 is 5.11 Å². The van der Waals surface area contributed by atoms with Crippen LogP contribution in [0.25, 0.3) is 11.0 Å². The fourth-order valence-electron chi connectivity index (χ4n) is 2.29. The molecule has 0 spiro atoms. The number of anilines is 1. The van der Waals surface area contributed by atoms with Crippen LogP contribution in [0.4, 0.5) is 5.95 Å². The second-order valence-corrected chi connectivity index (χ2v) is 5.62. The Labute approximate surface area is 127 Å². The minimum absolute atomic E-state index is 0.302. The first-order valence-electron chi connectivity index (χ1n) is 6.72. The van der Waals surface area contributed by atoms with Crippen molar-refractivity contribution in [1.29, 1.82) is 0 Å². The maximum Gasteiger partial charge on any atom is 0.201 e. The molecule has 1 aromatic heterocycles. The molecule has 0 radical (unpaired) electrons. The van der Waals surface area contributed by atoms with E-state index in [1.165, 1.54) is 0 Å². The van der Waals surface area contributed by atoms with Gasteiger partial charge in [-0.15, -0.1) is 0 Å². The number of aromatic amines is 1. The molecule has 0 aliphatic rings. The standard InChI is InChI=1S/C16H16ClN3O/c1-16(21,11-6-2-3-7-12(11)17)10-18-15-19-13-8-4-5-9-14(13)20-15/h2-9,21H,10H2,1H3,(H2,18,19,20). The number of aromatic nitrogens is 2. The highest BCUT2D eigenvalue weighted by atomic mass is 35.5. The van der Waals surface area contributed by atoms with Crippen molar-refractivity contribution in [2.75, 3.05) is 11.9 Å². The molecular weight excluding hydrogens is 286 g/mol. The number of rotatable bonds is 4. The molecule has 0 saturated carbocycles. The lowest BCUT2D eigenvalue weighted by atomic mass is 9.96. The number of para-hydroxylation sites is 2. The smallest absolute Gasteiger partial charge is 0.201 e.